The smallest absolute Gasteiger partial charge is 0.137 e. The van der Waals surface area contributed by atoms with Crippen molar-refractivity contribution in [2.75, 3.05) is 6.61 Å². The fourth-order valence-electron chi connectivity index (χ4n) is 1.76. The number of benzene rings is 2. The monoisotopic (exact) mass is 260 g/mol. The quantitative estimate of drug-likeness (QED) is 0.743. The van der Waals surface area contributed by atoms with Crippen LogP contribution in [0.3, 0.4) is 0 Å². The average Bonchev–Trinajstić information content (AvgIpc) is 2.38. The fraction of sp³-hybridized carbons (Fsp3) is 0.250. The summed E-state index contributed by atoms with van der Waals surface area (Å²) in [6.45, 7) is 4.86. The van der Waals surface area contributed by atoms with Crippen molar-refractivity contribution >= 4 is 11.6 Å². The van der Waals surface area contributed by atoms with Gasteiger partial charge >= 0.3 is 0 Å². The minimum atomic E-state index is 0.668. The molecule has 0 aliphatic carbocycles. The highest BCUT2D eigenvalue weighted by Crippen LogP contribution is 2.30. The normalized spacial score (nSPS) is 10.4. The van der Waals surface area contributed by atoms with E-state index in [2.05, 4.69) is 38.1 Å². The van der Waals surface area contributed by atoms with Gasteiger partial charge in [-0.1, -0.05) is 54.4 Å². The molecule has 2 heteroatoms. The number of hydrogen-bond acceptors (Lipinski definition) is 1. The van der Waals surface area contributed by atoms with Gasteiger partial charge in [0.2, 0.25) is 0 Å². The molecule has 2 rings (SSSR count). The second-order valence-electron chi connectivity index (χ2n) is 4.36. The van der Waals surface area contributed by atoms with Crippen LogP contribution in [0.2, 0.25) is 5.02 Å². The Morgan fingerprint density at radius 3 is 2.28 bits per heavy atom. The summed E-state index contributed by atoms with van der Waals surface area (Å²) in [5, 5.41) is 0.668. The first-order valence-corrected chi connectivity index (χ1v) is 6.58. The van der Waals surface area contributed by atoms with Gasteiger partial charge in [-0.2, -0.15) is 0 Å². The van der Waals surface area contributed by atoms with Gasteiger partial charge in [-0.15, -0.1) is 0 Å². The van der Waals surface area contributed by atoms with Crippen molar-refractivity contribution < 1.29 is 4.74 Å². The maximum absolute atomic E-state index is 6.22. The molecule has 94 valence electrons. The van der Waals surface area contributed by atoms with Crippen LogP contribution in [0.4, 0.5) is 0 Å². The largest absolute Gasteiger partial charge is 0.492 e. The first kappa shape index (κ1) is 13.0. The Kier molecular flexibility index (Phi) is 4.27. The van der Waals surface area contributed by atoms with E-state index in [0.29, 0.717) is 11.6 Å². The molecule has 0 heterocycles. The van der Waals surface area contributed by atoms with Crippen LogP contribution >= 0.6 is 11.6 Å². The van der Waals surface area contributed by atoms with Crippen LogP contribution in [0.15, 0.2) is 42.5 Å². The molecule has 0 fully saturated rings. The Morgan fingerprint density at radius 1 is 1.00 bits per heavy atom. The molecule has 1 nitrogen and oxygen atoms in total. The van der Waals surface area contributed by atoms with E-state index >= 15 is 0 Å². The minimum Gasteiger partial charge on any atom is -0.492 e. The van der Waals surface area contributed by atoms with Crippen LogP contribution in [0, 0.1) is 6.92 Å². The molecule has 18 heavy (non-hydrogen) atoms. The van der Waals surface area contributed by atoms with E-state index in [1.807, 2.05) is 18.2 Å². The predicted molar refractivity (Wildman–Crippen MR) is 77.4 cm³/mol. The Morgan fingerprint density at radius 2 is 1.67 bits per heavy atom. The molecule has 0 atom stereocenters. The van der Waals surface area contributed by atoms with Gasteiger partial charge in [0.15, 0.2) is 0 Å². The summed E-state index contributed by atoms with van der Waals surface area (Å²) in [7, 11) is 0. The Bertz CT molecular complexity index is 517. The van der Waals surface area contributed by atoms with E-state index in [0.717, 1.165) is 17.7 Å². The minimum absolute atomic E-state index is 0.668. The van der Waals surface area contributed by atoms with Crippen LogP contribution in [0.5, 0.6) is 5.75 Å². The molecule has 0 aliphatic rings. The van der Waals surface area contributed by atoms with Crippen molar-refractivity contribution in [2.45, 2.75) is 20.3 Å². The molecule has 0 radical (unpaired) electrons. The van der Waals surface area contributed by atoms with Gasteiger partial charge < -0.3 is 4.74 Å². The van der Waals surface area contributed by atoms with Crippen molar-refractivity contribution in [1.82, 2.24) is 0 Å². The zero-order chi connectivity index (χ0) is 13.0. The lowest BCUT2D eigenvalue weighted by Crippen LogP contribution is -1.95. The second kappa shape index (κ2) is 5.92. The van der Waals surface area contributed by atoms with E-state index in [1.165, 1.54) is 11.1 Å². The van der Waals surface area contributed by atoms with Gasteiger partial charge in [0.1, 0.15) is 5.75 Å². The number of hydrogen-bond donors (Lipinski definition) is 0. The van der Waals surface area contributed by atoms with Crippen LogP contribution in [-0.4, -0.2) is 6.61 Å². The van der Waals surface area contributed by atoms with Crippen LogP contribution in [-0.2, 0) is 0 Å². The van der Waals surface area contributed by atoms with Crippen LogP contribution < -0.4 is 4.74 Å². The average molecular weight is 261 g/mol. The van der Waals surface area contributed by atoms with Gasteiger partial charge in [0, 0.05) is 0 Å². The van der Waals surface area contributed by atoms with E-state index in [-0.39, 0.29) is 0 Å². The molecule has 0 saturated carbocycles. The van der Waals surface area contributed by atoms with Crippen molar-refractivity contribution in [1.29, 1.82) is 0 Å². The molecule has 0 N–H and O–H groups in total. The zero-order valence-corrected chi connectivity index (χ0v) is 11.5. The van der Waals surface area contributed by atoms with Gasteiger partial charge in [-0.25, -0.2) is 0 Å². The van der Waals surface area contributed by atoms with E-state index in [1.54, 1.807) is 0 Å². The molecule has 2 aromatic rings. The highest BCUT2D eigenvalue weighted by atomic mass is 35.5. The van der Waals surface area contributed by atoms with Gasteiger partial charge in [-0.05, 0) is 36.6 Å². The third-order valence-electron chi connectivity index (χ3n) is 2.78. The van der Waals surface area contributed by atoms with E-state index in [4.69, 9.17) is 16.3 Å². The lowest BCUT2D eigenvalue weighted by atomic mass is 10.0. The summed E-state index contributed by atoms with van der Waals surface area (Å²) in [5.74, 6) is 0.759. The first-order valence-electron chi connectivity index (χ1n) is 6.20. The van der Waals surface area contributed by atoms with E-state index < -0.39 is 0 Å². The highest BCUT2D eigenvalue weighted by Gasteiger charge is 2.04. The van der Waals surface area contributed by atoms with Crippen LogP contribution in [0.25, 0.3) is 11.1 Å². The first-order chi connectivity index (χ1) is 8.70. The van der Waals surface area contributed by atoms with Gasteiger partial charge in [0.25, 0.3) is 0 Å². The molecular formula is C16H17ClO. The van der Waals surface area contributed by atoms with Gasteiger partial charge in [-0.3, -0.25) is 0 Å². The van der Waals surface area contributed by atoms with Crippen LogP contribution in [0.1, 0.15) is 18.9 Å². The molecule has 0 amide bonds. The summed E-state index contributed by atoms with van der Waals surface area (Å²) >= 11 is 6.22. The number of aryl methyl sites for hydroxylation is 1. The molecule has 2 aromatic carbocycles. The Balaban J connectivity index is 2.25. The highest BCUT2D eigenvalue weighted by molar-refractivity contribution is 6.32. The number of halogens is 1. The second-order valence-corrected chi connectivity index (χ2v) is 4.77. The third-order valence-corrected chi connectivity index (χ3v) is 3.07. The molecule has 0 spiro atoms. The van der Waals surface area contributed by atoms with Gasteiger partial charge in [0.05, 0.1) is 11.6 Å². The summed E-state index contributed by atoms with van der Waals surface area (Å²) in [6, 6.07) is 14.3. The standard InChI is InChI=1S/C16H17ClO/c1-3-10-18-16-9-8-14(11-15(16)17)13-6-4-12(2)5-7-13/h4-9,11H,3,10H2,1-2H3. The van der Waals surface area contributed by atoms with Crippen molar-refractivity contribution in [3.05, 3.63) is 53.1 Å². The molecular weight excluding hydrogens is 244 g/mol. The zero-order valence-electron chi connectivity index (χ0n) is 10.7. The van der Waals surface area contributed by atoms with Crippen molar-refractivity contribution in [2.24, 2.45) is 0 Å². The lowest BCUT2D eigenvalue weighted by molar-refractivity contribution is 0.317. The van der Waals surface area contributed by atoms with Crippen molar-refractivity contribution in [3.63, 3.8) is 0 Å². The summed E-state index contributed by atoms with van der Waals surface area (Å²) < 4.78 is 5.56. The predicted octanol–water partition coefficient (Wildman–Crippen LogP) is 5.10. The van der Waals surface area contributed by atoms with E-state index in [9.17, 15) is 0 Å². The molecule has 0 saturated heterocycles. The summed E-state index contributed by atoms with van der Waals surface area (Å²) in [5.41, 5.74) is 3.54. The Hall–Kier alpha value is -1.47. The molecule has 0 aliphatic heterocycles. The summed E-state index contributed by atoms with van der Waals surface area (Å²) in [6.07, 6.45) is 0.982. The maximum atomic E-state index is 6.22. The molecule has 0 unspecified atom stereocenters. The topological polar surface area (TPSA) is 9.23 Å². The Labute approximate surface area is 113 Å². The lowest BCUT2D eigenvalue weighted by Gasteiger charge is -2.09. The fourth-order valence-corrected chi connectivity index (χ4v) is 1.99. The number of ether oxygens (including phenoxy) is 1. The third kappa shape index (κ3) is 3.05. The van der Waals surface area contributed by atoms with Crippen molar-refractivity contribution in [3.8, 4) is 16.9 Å². The number of rotatable bonds is 4. The molecule has 0 bridgehead atoms. The summed E-state index contributed by atoms with van der Waals surface area (Å²) in [4.78, 5) is 0. The SMILES string of the molecule is CCCOc1ccc(-c2ccc(C)cc2)cc1Cl. The molecule has 0 aromatic heterocycles. The maximum Gasteiger partial charge on any atom is 0.137 e.